The van der Waals surface area contributed by atoms with Gasteiger partial charge in [-0.1, -0.05) is 23.9 Å². The molecule has 0 atom stereocenters. The number of amides is 1. The van der Waals surface area contributed by atoms with E-state index in [4.69, 9.17) is 0 Å². The quantitative estimate of drug-likeness (QED) is 0.456. The average molecular weight is 421 g/mol. The van der Waals surface area contributed by atoms with Crippen molar-refractivity contribution in [2.75, 3.05) is 16.9 Å². The molecular weight excluding hydrogens is 405 g/mol. The van der Waals surface area contributed by atoms with Crippen LogP contribution in [0.25, 0.3) is 5.69 Å². The summed E-state index contributed by atoms with van der Waals surface area (Å²) in [5, 5.41) is 18.1. The second-order valence-corrected chi connectivity index (χ2v) is 6.89. The van der Waals surface area contributed by atoms with Gasteiger partial charge < -0.3 is 10.6 Å². The number of rotatable bonds is 6. The summed E-state index contributed by atoms with van der Waals surface area (Å²) in [5.74, 6) is -0.422. The van der Waals surface area contributed by atoms with Gasteiger partial charge in [0.05, 0.1) is 11.3 Å². The zero-order chi connectivity index (χ0) is 20.9. The second-order valence-electron chi connectivity index (χ2n) is 6.12. The largest absolute Gasteiger partial charge is 0.339 e. The van der Waals surface area contributed by atoms with E-state index in [0.29, 0.717) is 33.6 Å². The molecule has 1 amide bonds. The van der Waals surface area contributed by atoms with Crippen molar-refractivity contribution in [1.82, 2.24) is 25.2 Å². The minimum Gasteiger partial charge on any atom is -0.339 e. The first kappa shape index (κ1) is 19.5. The van der Waals surface area contributed by atoms with Gasteiger partial charge in [-0.25, -0.2) is 9.37 Å². The molecule has 10 heteroatoms. The molecule has 0 aliphatic rings. The Morgan fingerprint density at radius 1 is 1.07 bits per heavy atom. The van der Waals surface area contributed by atoms with Crippen molar-refractivity contribution in [3.05, 3.63) is 78.2 Å². The lowest BCUT2D eigenvalue weighted by Crippen LogP contribution is -2.15. The van der Waals surface area contributed by atoms with Crippen LogP contribution in [0.3, 0.4) is 0 Å². The van der Waals surface area contributed by atoms with Gasteiger partial charge in [-0.15, -0.1) is 5.10 Å². The van der Waals surface area contributed by atoms with Crippen LogP contribution >= 0.6 is 11.8 Å². The third kappa shape index (κ3) is 4.28. The smallest absolute Gasteiger partial charge is 0.259 e. The number of carbonyl (C=O) groups is 1. The molecule has 0 fully saturated rings. The lowest BCUT2D eigenvalue weighted by Gasteiger charge is -2.12. The number of aromatic nitrogens is 5. The summed E-state index contributed by atoms with van der Waals surface area (Å²) in [4.78, 5) is 17.1. The molecule has 0 saturated carbocycles. The summed E-state index contributed by atoms with van der Waals surface area (Å²) < 4.78 is 15.1. The molecule has 0 bridgehead atoms. The van der Waals surface area contributed by atoms with E-state index in [1.54, 1.807) is 53.3 Å². The van der Waals surface area contributed by atoms with Crippen molar-refractivity contribution in [2.24, 2.45) is 0 Å². The minimum atomic E-state index is -0.383. The first-order chi connectivity index (χ1) is 14.6. The molecule has 4 aromatic rings. The highest BCUT2D eigenvalue weighted by molar-refractivity contribution is 7.98. The van der Waals surface area contributed by atoms with E-state index in [1.165, 1.54) is 23.9 Å². The molecule has 2 N–H and O–H groups in total. The predicted molar refractivity (Wildman–Crippen MR) is 113 cm³/mol. The van der Waals surface area contributed by atoms with Gasteiger partial charge in [0.1, 0.15) is 11.6 Å². The third-order valence-electron chi connectivity index (χ3n) is 4.11. The zero-order valence-corrected chi connectivity index (χ0v) is 16.6. The van der Waals surface area contributed by atoms with E-state index < -0.39 is 0 Å². The SMILES string of the molecule is CSc1nnnn1-c1cccc(NC(=O)c2cccnc2Nc2cccc(F)c2)c1. The van der Waals surface area contributed by atoms with Gasteiger partial charge in [-0.05, 0) is 65.2 Å². The van der Waals surface area contributed by atoms with Gasteiger partial charge in [0.25, 0.3) is 5.91 Å². The first-order valence-electron chi connectivity index (χ1n) is 8.86. The number of nitrogens with zero attached hydrogens (tertiary/aromatic N) is 5. The molecule has 0 aliphatic heterocycles. The lowest BCUT2D eigenvalue weighted by molar-refractivity contribution is 0.102. The standard InChI is InChI=1S/C20H16FN7OS/c1-30-20-25-26-27-28(20)16-8-3-7-15(12-16)24-19(29)17-9-4-10-22-18(17)23-14-6-2-5-13(21)11-14/h2-12H,1H3,(H,22,23)(H,24,29). The molecule has 0 spiro atoms. The van der Waals surface area contributed by atoms with Crippen LogP contribution in [0.1, 0.15) is 10.4 Å². The molecular formula is C20H16FN7OS. The summed E-state index contributed by atoms with van der Waals surface area (Å²) in [6.07, 6.45) is 3.43. The Kier molecular flexibility index (Phi) is 5.66. The second kappa shape index (κ2) is 8.70. The fourth-order valence-electron chi connectivity index (χ4n) is 2.77. The van der Waals surface area contributed by atoms with Crippen molar-refractivity contribution in [2.45, 2.75) is 5.16 Å². The van der Waals surface area contributed by atoms with Gasteiger partial charge >= 0.3 is 0 Å². The zero-order valence-electron chi connectivity index (χ0n) is 15.8. The Labute approximate surface area is 175 Å². The van der Waals surface area contributed by atoms with Crippen LogP contribution in [0.4, 0.5) is 21.6 Å². The van der Waals surface area contributed by atoms with Crippen LogP contribution in [-0.4, -0.2) is 37.4 Å². The molecule has 2 aromatic heterocycles. The number of nitrogens with one attached hydrogen (secondary N) is 2. The Balaban J connectivity index is 1.57. The molecule has 2 heterocycles. The fourth-order valence-corrected chi connectivity index (χ4v) is 3.21. The fraction of sp³-hybridized carbons (Fsp3) is 0.0500. The van der Waals surface area contributed by atoms with E-state index in [0.717, 1.165) is 0 Å². The van der Waals surface area contributed by atoms with Crippen LogP contribution in [-0.2, 0) is 0 Å². The van der Waals surface area contributed by atoms with E-state index in [2.05, 4.69) is 31.1 Å². The van der Waals surface area contributed by atoms with Crippen LogP contribution < -0.4 is 10.6 Å². The highest BCUT2D eigenvalue weighted by Gasteiger charge is 2.14. The van der Waals surface area contributed by atoms with Crippen molar-refractivity contribution in [3.8, 4) is 5.69 Å². The van der Waals surface area contributed by atoms with Crippen molar-refractivity contribution in [3.63, 3.8) is 0 Å². The van der Waals surface area contributed by atoms with Gasteiger partial charge in [-0.3, -0.25) is 4.79 Å². The van der Waals surface area contributed by atoms with Crippen molar-refractivity contribution in [1.29, 1.82) is 0 Å². The lowest BCUT2D eigenvalue weighted by atomic mass is 10.2. The third-order valence-corrected chi connectivity index (χ3v) is 4.73. The average Bonchev–Trinajstić information content (AvgIpc) is 3.23. The Morgan fingerprint density at radius 2 is 1.90 bits per heavy atom. The summed E-state index contributed by atoms with van der Waals surface area (Å²) in [6, 6.07) is 16.4. The monoisotopic (exact) mass is 421 g/mol. The maximum Gasteiger partial charge on any atom is 0.259 e. The molecule has 0 saturated heterocycles. The number of anilines is 3. The number of halogens is 1. The highest BCUT2D eigenvalue weighted by atomic mass is 32.2. The Morgan fingerprint density at radius 3 is 2.73 bits per heavy atom. The molecule has 0 unspecified atom stereocenters. The topological polar surface area (TPSA) is 97.6 Å². The van der Waals surface area contributed by atoms with Crippen LogP contribution in [0, 0.1) is 5.82 Å². The van der Waals surface area contributed by atoms with Crippen LogP contribution in [0.5, 0.6) is 0 Å². The summed E-state index contributed by atoms with van der Waals surface area (Å²) >= 11 is 1.41. The van der Waals surface area contributed by atoms with E-state index in [-0.39, 0.29) is 11.7 Å². The molecule has 0 radical (unpaired) electrons. The number of benzene rings is 2. The molecule has 2 aromatic carbocycles. The maximum atomic E-state index is 13.5. The highest BCUT2D eigenvalue weighted by Crippen LogP contribution is 2.22. The van der Waals surface area contributed by atoms with Gasteiger partial charge in [-0.2, -0.15) is 4.68 Å². The molecule has 0 aliphatic carbocycles. The maximum absolute atomic E-state index is 13.5. The number of carbonyl (C=O) groups excluding carboxylic acids is 1. The van der Waals surface area contributed by atoms with Crippen molar-refractivity contribution < 1.29 is 9.18 Å². The number of tetrazole rings is 1. The van der Waals surface area contributed by atoms with Crippen LogP contribution in [0.2, 0.25) is 0 Å². The minimum absolute atomic E-state index is 0.319. The predicted octanol–water partition coefficient (Wildman–Crippen LogP) is 3.91. The van der Waals surface area contributed by atoms with E-state index >= 15 is 0 Å². The number of thioether (sulfide) groups is 1. The summed E-state index contributed by atoms with van der Waals surface area (Å²) in [7, 11) is 0. The van der Waals surface area contributed by atoms with Gasteiger partial charge in [0, 0.05) is 17.6 Å². The molecule has 4 rings (SSSR count). The number of hydrogen-bond donors (Lipinski definition) is 2. The summed E-state index contributed by atoms with van der Waals surface area (Å²) in [6.45, 7) is 0. The Bertz CT molecular complexity index is 1200. The number of hydrogen-bond acceptors (Lipinski definition) is 7. The molecule has 8 nitrogen and oxygen atoms in total. The van der Waals surface area contributed by atoms with Crippen LogP contribution in [0.15, 0.2) is 72.0 Å². The Hall–Kier alpha value is -3.79. The van der Waals surface area contributed by atoms with E-state index in [1.807, 2.05) is 12.3 Å². The summed E-state index contributed by atoms with van der Waals surface area (Å²) in [5.41, 5.74) is 2.10. The van der Waals surface area contributed by atoms with E-state index in [9.17, 15) is 9.18 Å². The van der Waals surface area contributed by atoms with Gasteiger partial charge in [0.2, 0.25) is 5.16 Å². The van der Waals surface area contributed by atoms with Gasteiger partial charge in [0.15, 0.2) is 0 Å². The first-order valence-corrected chi connectivity index (χ1v) is 10.1. The number of pyridine rings is 1. The normalized spacial score (nSPS) is 10.6. The van der Waals surface area contributed by atoms with Crippen molar-refractivity contribution >= 4 is 34.9 Å². The molecule has 150 valence electrons. The molecule has 30 heavy (non-hydrogen) atoms.